The van der Waals surface area contributed by atoms with Crippen molar-refractivity contribution in [2.45, 2.75) is 77.0 Å². The lowest BCUT2D eigenvalue weighted by atomic mass is 9.99. The average molecular weight is 812 g/mol. The van der Waals surface area contributed by atoms with Gasteiger partial charge < -0.3 is 53.4 Å². The molecule has 6 rings (SSSR count). The number of hydrogen-bond donors (Lipinski definition) is 2. The van der Waals surface area contributed by atoms with Crippen molar-refractivity contribution in [3.63, 3.8) is 0 Å². The minimum absolute atomic E-state index is 0.0984. The number of nitrogens with one attached hydrogen (secondary N) is 2. The highest BCUT2D eigenvalue weighted by molar-refractivity contribution is 6.03. The van der Waals surface area contributed by atoms with Gasteiger partial charge in [-0.2, -0.15) is 0 Å². The van der Waals surface area contributed by atoms with Gasteiger partial charge in [0.15, 0.2) is 40.6 Å². The summed E-state index contributed by atoms with van der Waals surface area (Å²) in [5.41, 5.74) is 5.85. The molecule has 0 saturated heterocycles. The van der Waals surface area contributed by atoms with Gasteiger partial charge in [0.25, 0.3) is 5.91 Å². The molecule has 13 heteroatoms. The lowest BCUT2D eigenvalue weighted by Gasteiger charge is -2.28. The first-order chi connectivity index (χ1) is 28.8. The predicted molar refractivity (Wildman–Crippen MR) is 227 cm³/mol. The molecule has 2 aliphatic rings. The highest BCUT2D eigenvalue weighted by atomic mass is 16.6. The van der Waals surface area contributed by atoms with Crippen LogP contribution in [0.5, 0.6) is 46.0 Å². The Morgan fingerprint density at radius 1 is 0.593 bits per heavy atom. The Labute approximate surface area is 347 Å². The second kappa shape index (κ2) is 20.6. The van der Waals surface area contributed by atoms with E-state index in [9.17, 15) is 4.79 Å². The molecule has 0 aliphatic carbocycles. The number of methoxy groups -OCH3 is 6. The van der Waals surface area contributed by atoms with E-state index in [1.807, 2.05) is 67.6 Å². The number of carbonyl (C=O) groups excluding carboxylic acids is 1. The van der Waals surface area contributed by atoms with Gasteiger partial charge in [-0.15, -0.1) is 0 Å². The zero-order valence-corrected chi connectivity index (χ0v) is 35.2. The number of benzene rings is 4. The van der Waals surface area contributed by atoms with E-state index in [2.05, 4.69) is 15.8 Å². The number of oxime groups is 1. The molecular weight excluding hydrogens is 755 g/mol. The molecule has 59 heavy (non-hydrogen) atoms. The summed E-state index contributed by atoms with van der Waals surface area (Å²) < 4.78 is 45.9. The van der Waals surface area contributed by atoms with Crippen molar-refractivity contribution < 1.29 is 47.5 Å². The molecule has 0 bridgehead atoms. The molecule has 2 atom stereocenters. The molecule has 0 aromatic heterocycles. The fraction of sp³-hybridized carbons (Fsp3) is 0.435. The van der Waals surface area contributed by atoms with Crippen molar-refractivity contribution in [3.8, 4) is 46.0 Å². The number of nitrogens with zero attached hydrogens (tertiary/aromatic N) is 1. The van der Waals surface area contributed by atoms with E-state index < -0.39 is 0 Å². The van der Waals surface area contributed by atoms with E-state index in [0.29, 0.717) is 71.2 Å². The minimum atomic E-state index is -0.356. The Bertz CT molecular complexity index is 2040. The molecular formula is C46H57N3O10. The largest absolute Gasteiger partial charge is 0.493 e. The molecule has 1 amide bonds. The maximum atomic E-state index is 12.7. The normalized spacial score (nSPS) is 15.5. The Kier molecular flexibility index (Phi) is 14.9. The minimum Gasteiger partial charge on any atom is -0.493 e. The second-order valence-corrected chi connectivity index (χ2v) is 14.5. The van der Waals surface area contributed by atoms with Crippen molar-refractivity contribution in [2.24, 2.45) is 5.16 Å². The predicted octanol–water partition coefficient (Wildman–Crippen LogP) is 9.35. The Hall–Kier alpha value is -5.98. The van der Waals surface area contributed by atoms with E-state index in [-0.39, 0.29) is 18.2 Å². The van der Waals surface area contributed by atoms with Crippen LogP contribution in [0.3, 0.4) is 0 Å². The lowest BCUT2D eigenvalue weighted by molar-refractivity contribution is 0.0852. The third-order valence-electron chi connectivity index (χ3n) is 10.6. The zero-order valence-electron chi connectivity index (χ0n) is 35.2. The molecule has 0 radical (unpaired) electrons. The van der Waals surface area contributed by atoms with Gasteiger partial charge in [0.2, 0.25) is 11.5 Å². The summed E-state index contributed by atoms with van der Waals surface area (Å²) in [5, 5.41) is 10.8. The van der Waals surface area contributed by atoms with Crippen LogP contribution in [0.15, 0.2) is 65.8 Å². The summed E-state index contributed by atoms with van der Waals surface area (Å²) in [7, 11) is 9.62. The highest BCUT2D eigenvalue weighted by Crippen LogP contribution is 2.44. The molecule has 0 saturated carbocycles. The first kappa shape index (κ1) is 42.6. The quantitative estimate of drug-likeness (QED) is 0.0735. The molecule has 2 unspecified atom stereocenters. The summed E-state index contributed by atoms with van der Waals surface area (Å²) >= 11 is 0. The smallest absolute Gasteiger partial charge is 0.255 e. The third kappa shape index (κ3) is 10.4. The van der Waals surface area contributed by atoms with Gasteiger partial charge in [-0.3, -0.25) is 4.79 Å². The fourth-order valence-electron chi connectivity index (χ4n) is 7.35. The number of hydrogen-bond acceptors (Lipinski definition) is 12. The summed E-state index contributed by atoms with van der Waals surface area (Å²) in [5.74, 6) is 4.59. The van der Waals surface area contributed by atoms with Gasteiger partial charge in [0.1, 0.15) is 6.17 Å². The van der Waals surface area contributed by atoms with Crippen molar-refractivity contribution >= 4 is 17.3 Å². The van der Waals surface area contributed by atoms with Gasteiger partial charge in [0, 0.05) is 23.2 Å². The number of rotatable bonds is 22. The number of aryl methyl sites for hydroxylation is 1. The van der Waals surface area contributed by atoms with E-state index in [4.69, 9.17) is 42.7 Å². The van der Waals surface area contributed by atoms with Crippen LogP contribution in [0.4, 0.5) is 5.69 Å². The van der Waals surface area contributed by atoms with Crippen LogP contribution < -0.4 is 48.5 Å². The van der Waals surface area contributed by atoms with Crippen molar-refractivity contribution in [3.05, 3.63) is 88.5 Å². The molecule has 0 spiro atoms. The number of anilines is 1. The molecule has 4 aromatic rings. The standard InChI is InChI=1S/C46H57N3O10/c1-29-16-18-34-33(22-29)46(50)48-45(47-34)30-17-19-36(38(23-30)51-2)57-20-14-12-10-8-9-11-13-15-21-58-44-41(54-5)26-32(27-42(44)55-6)37-28-35(49-59-37)31-24-39(52-3)43(56-7)40(25-31)53-4/h16-19,22-27,37,45,47H,8-15,20-21,28H2,1-7H3,(H,48,50). The molecule has 0 fully saturated rings. The van der Waals surface area contributed by atoms with Crippen LogP contribution in [0.2, 0.25) is 0 Å². The lowest BCUT2D eigenvalue weighted by Crippen LogP contribution is -2.38. The second-order valence-electron chi connectivity index (χ2n) is 14.5. The Morgan fingerprint density at radius 3 is 1.78 bits per heavy atom. The molecule has 2 heterocycles. The molecule has 2 N–H and O–H groups in total. The average Bonchev–Trinajstić information content (AvgIpc) is 3.77. The first-order valence-corrected chi connectivity index (χ1v) is 20.2. The van der Waals surface area contributed by atoms with E-state index in [1.165, 1.54) is 12.8 Å². The summed E-state index contributed by atoms with van der Waals surface area (Å²) in [6, 6.07) is 19.2. The Morgan fingerprint density at radius 2 is 1.17 bits per heavy atom. The number of ether oxygens (including phenoxy) is 8. The summed E-state index contributed by atoms with van der Waals surface area (Å²) in [6.45, 7) is 3.15. The van der Waals surface area contributed by atoms with Gasteiger partial charge in [-0.1, -0.05) is 61.4 Å². The number of carbonyl (C=O) groups is 1. The first-order valence-electron chi connectivity index (χ1n) is 20.2. The third-order valence-corrected chi connectivity index (χ3v) is 10.6. The van der Waals surface area contributed by atoms with Crippen LogP contribution in [0.25, 0.3) is 0 Å². The monoisotopic (exact) mass is 811 g/mol. The molecule has 4 aromatic carbocycles. The van der Waals surface area contributed by atoms with E-state index in [0.717, 1.165) is 72.2 Å². The maximum Gasteiger partial charge on any atom is 0.255 e. The van der Waals surface area contributed by atoms with Gasteiger partial charge in [-0.05, 0) is 73.9 Å². The fourth-order valence-corrected chi connectivity index (χ4v) is 7.35. The van der Waals surface area contributed by atoms with E-state index >= 15 is 0 Å². The van der Waals surface area contributed by atoms with Crippen LogP contribution in [0.1, 0.15) is 103 Å². The molecule has 316 valence electrons. The van der Waals surface area contributed by atoms with Crippen LogP contribution in [0, 0.1) is 6.92 Å². The van der Waals surface area contributed by atoms with Gasteiger partial charge in [-0.25, -0.2) is 0 Å². The van der Waals surface area contributed by atoms with Crippen molar-refractivity contribution in [2.75, 3.05) is 61.2 Å². The highest BCUT2D eigenvalue weighted by Gasteiger charge is 2.29. The Balaban J connectivity index is 0.875. The van der Waals surface area contributed by atoms with Crippen LogP contribution in [-0.2, 0) is 4.84 Å². The maximum absolute atomic E-state index is 12.7. The number of amides is 1. The number of unbranched alkanes of at least 4 members (excludes halogenated alkanes) is 7. The molecule has 13 nitrogen and oxygen atoms in total. The zero-order chi connectivity index (χ0) is 41.7. The van der Waals surface area contributed by atoms with Gasteiger partial charge in [0.05, 0.1) is 67.1 Å². The van der Waals surface area contributed by atoms with E-state index in [1.54, 1.807) is 42.7 Å². The van der Waals surface area contributed by atoms with Gasteiger partial charge >= 0.3 is 0 Å². The summed E-state index contributed by atoms with van der Waals surface area (Å²) in [6.07, 6.45) is 8.56. The van der Waals surface area contributed by atoms with Crippen LogP contribution >= 0.6 is 0 Å². The van der Waals surface area contributed by atoms with Crippen LogP contribution in [-0.4, -0.2) is 67.5 Å². The van der Waals surface area contributed by atoms with Crippen molar-refractivity contribution in [1.82, 2.24) is 5.32 Å². The van der Waals surface area contributed by atoms with Crippen molar-refractivity contribution in [1.29, 1.82) is 0 Å². The topological polar surface area (TPSA) is 137 Å². The summed E-state index contributed by atoms with van der Waals surface area (Å²) in [4.78, 5) is 18.6. The number of fused-ring (bicyclic) bond motifs is 1. The molecule has 2 aliphatic heterocycles. The SMILES string of the molecule is COc1cc(C2NC(=O)c3cc(C)ccc3N2)ccc1OCCCCCCCCCCOc1c(OC)cc(C2CC(c3cc(OC)c(OC)c(OC)c3)=NO2)cc1OC.